The molecule has 1 unspecified atom stereocenters. The molecule has 0 aliphatic carbocycles. The summed E-state index contributed by atoms with van der Waals surface area (Å²) in [7, 11) is -3.67. The Balaban J connectivity index is 1.73. The predicted molar refractivity (Wildman–Crippen MR) is 109 cm³/mol. The summed E-state index contributed by atoms with van der Waals surface area (Å²) in [5, 5.41) is 6.67. The largest absolute Gasteiger partial charge is 0.326 e. The van der Waals surface area contributed by atoms with Crippen molar-refractivity contribution < 1.29 is 13.2 Å². The van der Waals surface area contributed by atoms with Gasteiger partial charge in [-0.05, 0) is 59.1 Å². The zero-order chi connectivity index (χ0) is 19.0. The average Bonchev–Trinajstić information content (AvgIpc) is 3.32. The summed E-state index contributed by atoms with van der Waals surface area (Å²) in [4.78, 5) is 13.7. The van der Waals surface area contributed by atoms with Gasteiger partial charge in [0.1, 0.15) is 0 Å². The van der Waals surface area contributed by atoms with Crippen LogP contribution in [0, 0.1) is 0 Å². The standard InChI is InChI=1S/C19H18N2O3S3/c1-13(22)20-14-4-6-15(7-5-14)27(23,24)21-10-8-17-16(9-12-26-17)19(21)18-3-2-11-25-18/h2-7,9,11-12,19H,8,10H2,1H3,(H,20,22). The molecule has 140 valence electrons. The lowest BCUT2D eigenvalue weighted by Gasteiger charge is -2.34. The molecule has 5 nitrogen and oxygen atoms in total. The Hall–Kier alpha value is -2.00. The number of fused-ring (bicyclic) bond motifs is 1. The number of amides is 1. The Kier molecular flexibility index (Phi) is 4.90. The highest BCUT2D eigenvalue weighted by Gasteiger charge is 2.38. The van der Waals surface area contributed by atoms with Gasteiger partial charge in [0.15, 0.2) is 0 Å². The minimum Gasteiger partial charge on any atom is -0.326 e. The van der Waals surface area contributed by atoms with Crippen LogP contribution in [0.4, 0.5) is 5.69 Å². The van der Waals surface area contributed by atoms with Gasteiger partial charge in [-0.3, -0.25) is 4.79 Å². The van der Waals surface area contributed by atoms with E-state index < -0.39 is 10.0 Å². The highest BCUT2D eigenvalue weighted by atomic mass is 32.2. The van der Waals surface area contributed by atoms with Crippen LogP contribution in [0.25, 0.3) is 0 Å². The molecule has 0 bridgehead atoms. The first-order chi connectivity index (χ1) is 13.0. The molecule has 1 amide bonds. The summed E-state index contributed by atoms with van der Waals surface area (Å²) in [5.41, 5.74) is 1.65. The number of benzene rings is 1. The van der Waals surface area contributed by atoms with Gasteiger partial charge in [-0.1, -0.05) is 6.07 Å². The maximum Gasteiger partial charge on any atom is 0.243 e. The molecule has 1 aliphatic rings. The SMILES string of the molecule is CC(=O)Nc1ccc(S(=O)(=O)N2CCc3sccc3C2c2cccs2)cc1. The van der Waals surface area contributed by atoms with Crippen molar-refractivity contribution in [2.75, 3.05) is 11.9 Å². The number of carbonyl (C=O) groups excluding carboxylic acids is 1. The van der Waals surface area contributed by atoms with Gasteiger partial charge in [0, 0.05) is 28.9 Å². The molecule has 1 aromatic carbocycles. The summed E-state index contributed by atoms with van der Waals surface area (Å²) in [6.45, 7) is 1.87. The lowest BCUT2D eigenvalue weighted by atomic mass is 10.0. The molecule has 0 spiro atoms. The number of rotatable bonds is 4. The van der Waals surface area contributed by atoms with Crippen LogP contribution in [-0.2, 0) is 21.2 Å². The predicted octanol–water partition coefficient (Wildman–Crippen LogP) is 4.10. The van der Waals surface area contributed by atoms with E-state index in [1.54, 1.807) is 51.2 Å². The van der Waals surface area contributed by atoms with Gasteiger partial charge in [0.2, 0.25) is 15.9 Å². The Morgan fingerprint density at radius 2 is 1.89 bits per heavy atom. The van der Waals surface area contributed by atoms with Crippen molar-refractivity contribution in [2.45, 2.75) is 24.3 Å². The van der Waals surface area contributed by atoms with Crippen LogP contribution in [0.5, 0.6) is 0 Å². The van der Waals surface area contributed by atoms with Crippen molar-refractivity contribution in [2.24, 2.45) is 0 Å². The zero-order valence-electron chi connectivity index (χ0n) is 14.6. The van der Waals surface area contributed by atoms with Crippen LogP contribution in [0.1, 0.15) is 28.3 Å². The molecule has 0 radical (unpaired) electrons. The molecule has 0 saturated carbocycles. The smallest absolute Gasteiger partial charge is 0.243 e. The summed E-state index contributed by atoms with van der Waals surface area (Å²) in [5.74, 6) is -0.190. The molecule has 0 fully saturated rings. The summed E-state index contributed by atoms with van der Waals surface area (Å²) in [6.07, 6.45) is 0.720. The van der Waals surface area contributed by atoms with Crippen molar-refractivity contribution in [1.29, 1.82) is 0 Å². The average molecular weight is 419 g/mol. The van der Waals surface area contributed by atoms with Gasteiger partial charge in [-0.25, -0.2) is 8.42 Å². The van der Waals surface area contributed by atoms with E-state index in [0.717, 1.165) is 16.9 Å². The van der Waals surface area contributed by atoms with Crippen LogP contribution in [0.15, 0.2) is 58.1 Å². The van der Waals surface area contributed by atoms with Crippen molar-refractivity contribution in [3.63, 3.8) is 0 Å². The van der Waals surface area contributed by atoms with Crippen LogP contribution in [-0.4, -0.2) is 25.2 Å². The monoisotopic (exact) mass is 418 g/mol. The van der Waals surface area contributed by atoms with E-state index in [1.165, 1.54) is 11.8 Å². The number of nitrogens with one attached hydrogen (secondary N) is 1. The van der Waals surface area contributed by atoms with Crippen molar-refractivity contribution in [3.05, 3.63) is 68.5 Å². The molecule has 3 heterocycles. The highest BCUT2D eigenvalue weighted by Crippen LogP contribution is 2.42. The van der Waals surface area contributed by atoms with Crippen molar-refractivity contribution in [3.8, 4) is 0 Å². The molecule has 27 heavy (non-hydrogen) atoms. The van der Waals surface area contributed by atoms with Gasteiger partial charge in [-0.2, -0.15) is 4.31 Å². The third-order valence-electron chi connectivity index (χ3n) is 4.52. The van der Waals surface area contributed by atoms with Crippen molar-refractivity contribution >= 4 is 44.3 Å². The number of anilines is 1. The van der Waals surface area contributed by atoms with E-state index in [4.69, 9.17) is 0 Å². The minimum absolute atomic E-state index is 0.190. The van der Waals surface area contributed by atoms with E-state index in [-0.39, 0.29) is 16.8 Å². The second-order valence-electron chi connectivity index (χ2n) is 6.29. The highest BCUT2D eigenvalue weighted by molar-refractivity contribution is 7.89. The second kappa shape index (κ2) is 7.20. The molecular weight excluding hydrogens is 400 g/mol. The number of nitrogens with zero attached hydrogens (tertiary/aromatic N) is 1. The molecule has 4 rings (SSSR count). The number of hydrogen-bond donors (Lipinski definition) is 1. The van der Waals surface area contributed by atoms with Gasteiger partial charge in [-0.15, -0.1) is 22.7 Å². The normalized spacial score (nSPS) is 17.4. The van der Waals surface area contributed by atoms with Gasteiger partial charge in [0.05, 0.1) is 10.9 Å². The van der Waals surface area contributed by atoms with Crippen LogP contribution < -0.4 is 5.32 Å². The van der Waals surface area contributed by atoms with E-state index in [2.05, 4.69) is 5.32 Å². The van der Waals surface area contributed by atoms with E-state index >= 15 is 0 Å². The van der Waals surface area contributed by atoms with Gasteiger partial charge >= 0.3 is 0 Å². The molecule has 1 N–H and O–H groups in total. The lowest BCUT2D eigenvalue weighted by Crippen LogP contribution is -2.39. The Bertz CT molecular complexity index is 1050. The quantitative estimate of drug-likeness (QED) is 0.694. The van der Waals surface area contributed by atoms with E-state index in [9.17, 15) is 13.2 Å². The fraction of sp³-hybridized carbons (Fsp3) is 0.211. The third kappa shape index (κ3) is 3.45. The molecular formula is C19H18N2O3S3. The first-order valence-corrected chi connectivity index (χ1v) is 11.7. The number of hydrogen-bond acceptors (Lipinski definition) is 5. The minimum atomic E-state index is -3.67. The first-order valence-electron chi connectivity index (χ1n) is 8.46. The third-order valence-corrected chi connectivity index (χ3v) is 8.32. The number of carbonyl (C=O) groups is 1. The Labute approximate surface area is 166 Å². The van der Waals surface area contributed by atoms with Crippen molar-refractivity contribution in [1.82, 2.24) is 4.31 Å². The topological polar surface area (TPSA) is 66.5 Å². The fourth-order valence-electron chi connectivity index (χ4n) is 3.34. The molecule has 3 aromatic rings. The number of thiophene rings is 2. The maximum absolute atomic E-state index is 13.4. The summed E-state index contributed by atoms with van der Waals surface area (Å²) < 4.78 is 28.4. The molecule has 2 aromatic heterocycles. The molecule has 1 aliphatic heterocycles. The molecule has 1 atom stereocenters. The molecule has 8 heteroatoms. The second-order valence-corrected chi connectivity index (χ2v) is 10.2. The summed E-state index contributed by atoms with van der Waals surface area (Å²) >= 11 is 3.26. The number of sulfonamides is 1. The van der Waals surface area contributed by atoms with Gasteiger partial charge in [0.25, 0.3) is 0 Å². The first kappa shape index (κ1) is 18.4. The summed E-state index contributed by atoms with van der Waals surface area (Å²) in [6, 6.07) is 12.0. The Morgan fingerprint density at radius 3 is 2.56 bits per heavy atom. The maximum atomic E-state index is 13.4. The van der Waals surface area contributed by atoms with Gasteiger partial charge < -0.3 is 5.32 Å². The lowest BCUT2D eigenvalue weighted by molar-refractivity contribution is -0.114. The zero-order valence-corrected chi connectivity index (χ0v) is 17.0. The molecule has 0 saturated heterocycles. The van der Waals surface area contributed by atoms with Crippen LogP contribution in [0.2, 0.25) is 0 Å². The van der Waals surface area contributed by atoms with E-state index in [1.807, 2.05) is 29.0 Å². The Morgan fingerprint density at radius 1 is 1.11 bits per heavy atom. The fourth-order valence-corrected chi connectivity index (χ4v) is 6.76. The van der Waals surface area contributed by atoms with Crippen LogP contribution in [0.3, 0.4) is 0 Å². The van der Waals surface area contributed by atoms with Crippen LogP contribution >= 0.6 is 22.7 Å². The van der Waals surface area contributed by atoms with E-state index in [0.29, 0.717) is 12.2 Å².